The molecule has 2 bridgehead atoms. The monoisotopic (exact) mass is 292 g/mol. The van der Waals surface area contributed by atoms with Crippen molar-refractivity contribution >= 4 is 16.1 Å². The van der Waals surface area contributed by atoms with E-state index in [4.69, 9.17) is 0 Å². The van der Waals surface area contributed by atoms with Gasteiger partial charge in [0.25, 0.3) is 0 Å². The molecule has 2 fully saturated rings. The molecule has 108 valence electrons. The Balaban J connectivity index is 2.12. The topological polar surface area (TPSA) is 0 Å². The van der Waals surface area contributed by atoms with Crippen molar-refractivity contribution in [1.82, 2.24) is 0 Å². The Kier molecular flexibility index (Phi) is 4.32. The van der Waals surface area contributed by atoms with Gasteiger partial charge >= 0.3 is 0 Å². The van der Waals surface area contributed by atoms with E-state index in [1.807, 2.05) is 0 Å². The molecular weight excluding hydrogens is 260 g/mol. The Labute approximate surface area is 122 Å². The summed E-state index contributed by atoms with van der Waals surface area (Å²) in [6.45, 7) is 14.7. The molecule has 0 unspecified atom stereocenters. The predicted octanol–water partition coefficient (Wildman–Crippen LogP) is 5.52. The van der Waals surface area contributed by atoms with E-state index in [9.17, 15) is 0 Å². The molecule has 0 radical (unpaired) electrons. The first kappa shape index (κ1) is 15.3. The fourth-order valence-electron chi connectivity index (χ4n) is 3.75. The van der Waals surface area contributed by atoms with E-state index in [0.29, 0.717) is 0 Å². The summed E-state index contributed by atoms with van der Waals surface area (Å²) in [6.07, 6.45) is 9.72. The molecule has 19 heavy (non-hydrogen) atoms. The molecule has 0 N–H and O–H groups in total. The zero-order valence-electron chi connectivity index (χ0n) is 13.7. The molecule has 2 saturated carbocycles. The van der Waals surface area contributed by atoms with Crippen LogP contribution in [0.1, 0.15) is 19.3 Å². The van der Waals surface area contributed by atoms with Crippen LogP contribution in [0.3, 0.4) is 0 Å². The van der Waals surface area contributed by atoms with E-state index >= 15 is 0 Å². The lowest BCUT2D eigenvalue weighted by atomic mass is 9.79. The van der Waals surface area contributed by atoms with Crippen LogP contribution in [-0.4, -0.2) is 16.1 Å². The zero-order valence-corrected chi connectivity index (χ0v) is 15.7. The van der Waals surface area contributed by atoms with Crippen molar-refractivity contribution < 1.29 is 0 Å². The van der Waals surface area contributed by atoms with Gasteiger partial charge in [-0.25, -0.2) is 0 Å². The summed E-state index contributed by atoms with van der Waals surface area (Å²) in [5, 5.41) is 0. The predicted molar refractivity (Wildman–Crippen MR) is 92.8 cm³/mol. The molecule has 2 aliphatic carbocycles. The minimum absolute atomic E-state index is 0.859. The molecule has 0 aromatic rings. The Hall–Kier alpha value is -0.0862. The van der Waals surface area contributed by atoms with Crippen molar-refractivity contribution in [3.8, 4) is 0 Å². The van der Waals surface area contributed by atoms with Crippen molar-refractivity contribution in [1.29, 1.82) is 0 Å². The lowest BCUT2D eigenvalue weighted by Crippen LogP contribution is -2.23. The highest BCUT2D eigenvalue weighted by Gasteiger charge is 2.45. The van der Waals surface area contributed by atoms with Gasteiger partial charge < -0.3 is 0 Å². The van der Waals surface area contributed by atoms with Crippen LogP contribution >= 0.6 is 0 Å². The standard InChI is InChI=1S/C17H32Si2/c1-18(2,3)11-9-16-14-7-8-15(13-14)17(16)10-12-19(4,5)6/h9-12,14-17H,7-8,13H2,1-6H3/b11-9+,12-10+/t14-,15+,16+,17-. The Bertz CT molecular complexity index is 332. The van der Waals surface area contributed by atoms with Gasteiger partial charge in [0, 0.05) is 0 Å². The summed E-state index contributed by atoms with van der Waals surface area (Å²) in [6, 6.07) is 0. The molecule has 4 atom stereocenters. The van der Waals surface area contributed by atoms with Crippen LogP contribution in [0.15, 0.2) is 23.6 Å². The van der Waals surface area contributed by atoms with Crippen LogP contribution in [0.2, 0.25) is 39.3 Å². The van der Waals surface area contributed by atoms with Crippen LogP contribution in [0.25, 0.3) is 0 Å². The number of fused-ring (bicyclic) bond motifs is 2. The third kappa shape index (κ3) is 4.19. The van der Waals surface area contributed by atoms with Crippen molar-refractivity contribution in [2.75, 3.05) is 0 Å². The average Bonchev–Trinajstić information content (AvgIpc) is 2.81. The fourth-order valence-corrected chi connectivity index (χ4v) is 5.35. The first-order chi connectivity index (χ1) is 8.66. The summed E-state index contributed by atoms with van der Waals surface area (Å²) in [5.41, 5.74) is 5.18. The maximum atomic E-state index is 2.62. The smallest absolute Gasteiger partial charge is 0.0682 e. The summed E-state index contributed by atoms with van der Waals surface area (Å²) in [4.78, 5) is 0. The first-order valence-corrected chi connectivity index (χ1v) is 15.2. The van der Waals surface area contributed by atoms with E-state index in [0.717, 1.165) is 23.7 Å². The third-order valence-corrected chi connectivity index (χ3v) is 7.07. The van der Waals surface area contributed by atoms with Crippen molar-refractivity contribution in [3.63, 3.8) is 0 Å². The molecule has 0 nitrogen and oxygen atoms in total. The van der Waals surface area contributed by atoms with Gasteiger partial charge in [-0.15, -0.1) is 0 Å². The summed E-state index contributed by atoms with van der Waals surface area (Å²) >= 11 is 0. The molecule has 0 aromatic carbocycles. The second-order valence-electron chi connectivity index (χ2n) is 8.94. The van der Waals surface area contributed by atoms with Crippen LogP contribution < -0.4 is 0 Å². The Morgan fingerprint density at radius 2 is 1.05 bits per heavy atom. The Morgan fingerprint density at radius 1 is 0.684 bits per heavy atom. The van der Waals surface area contributed by atoms with Gasteiger partial charge in [-0.3, -0.25) is 0 Å². The summed E-state index contributed by atoms with van der Waals surface area (Å²) in [5.74, 6) is 3.71. The van der Waals surface area contributed by atoms with Crippen molar-refractivity contribution in [2.45, 2.75) is 58.5 Å². The van der Waals surface area contributed by atoms with Crippen LogP contribution in [0, 0.1) is 23.7 Å². The molecule has 0 aromatic heterocycles. The van der Waals surface area contributed by atoms with E-state index in [1.54, 1.807) is 0 Å². The number of hydrogen-bond acceptors (Lipinski definition) is 0. The molecule has 0 heterocycles. The second kappa shape index (κ2) is 5.36. The maximum absolute atomic E-state index is 2.62. The normalized spacial score (nSPS) is 35.9. The number of hydrogen-bond donors (Lipinski definition) is 0. The molecule has 2 aliphatic rings. The quantitative estimate of drug-likeness (QED) is 0.599. The average molecular weight is 293 g/mol. The maximum Gasteiger partial charge on any atom is 0.0682 e. The molecular formula is C17H32Si2. The first-order valence-electron chi connectivity index (χ1n) is 8.04. The lowest BCUT2D eigenvalue weighted by Gasteiger charge is -2.28. The van der Waals surface area contributed by atoms with E-state index in [-0.39, 0.29) is 0 Å². The van der Waals surface area contributed by atoms with Gasteiger partial charge in [0.1, 0.15) is 0 Å². The van der Waals surface area contributed by atoms with Gasteiger partial charge in [-0.2, -0.15) is 0 Å². The minimum atomic E-state index is -1.04. The van der Waals surface area contributed by atoms with Gasteiger partial charge in [0.05, 0.1) is 16.1 Å². The molecule has 2 heteroatoms. The van der Waals surface area contributed by atoms with Gasteiger partial charge in [0.15, 0.2) is 0 Å². The van der Waals surface area contributed by atoms with E-state index in [2.05, 4.69) is 62.8 Å². The van der Waals surface area contributed by atoms with Crippen molar-refractivity contribution in [2.24, 2.45) is 23.7 Å². The highest BCUT2D eigenvalue weighted by atomic mass is 28.3. The molecule has 0 aliphatic heterocycles. The second-order valence-corrected chi connectivity index (χ2v) is 19.1. The van der Waals surface area contributed by atoms with Gasteiger partial charge in [0.2, 0.25) is 0 Å². The van der Waals surface area contributed by atoms with Gasteiger partial charge in [-0.05, 0) is 42.9 Å². The highest BCUT2D eigenvalue weighted by Crippen LogP contribution is 2.53. The lowest BCUT2D eigenvalue weighted by molar-refractivity contribution is 0.318. The van der Waals surface area contributed by atoms with E-state index < -0.39 is 16.1 Å². The molecule has 2 rings (SSSR count). The SMILES string of the molecule is C[Si](C)(C)/C=C/[C@@H]1[C@H]2CC[C@H](C2)[C@@H]1/C=C/[Si](C)(C)C. The highest BCUT2D eigenvalue weighted by molar-refractivity contribution is 6.81. The molecule has 0 saturated heterocycles. The summed E-state index contributed by atoms with van der Waals surface area (Å²) < 4.78 is 0. The molecule has 0 amide bonds. The zero-order chi connectivity index (χ0) is 14.3. The van der Waals surface area contributed by atoms with Crippen LogP contribution in [0.4, 0.5) is 0 Å². The van der Waals surface area contributed by atoms with Gasteiger partial charge in [-0.1, -0.05) is 62.8 Å². The largest absolute Gasteiger partial charge is 0.0986 e. The molecule has 0 spiro atoms. The number of allylic oxidation sites excluding steroid dienone is 2. The van der Waals surface area contributed by atoms with Crippen molar-refractivity contribution in [3.05, 3.63) is 23.6 Å². The third-order valence-electron chi connectivity index (χ3n) is 4.68. The minimum Gasteiger partial charge on any atom is -0.0986 e. The van der Waals surface area contributed by atoms with E-state index in [1.165, 1.54) is 19.3 Å². The number of rotatable bonds is 4. The Morgan fingerprint density at radius 3 is 1.37 bits per heavy atom. The fraction of sp³-hybridized carbons (Fsp3) is 0.765. The summed E-state index contributed by atoms with van der Waals surface area (Å²) in [7, 11) is -2.07. The van der Waals surface area contributed by atoms with Crippen LogP contribution in [0.5, 0.6) is 0 Å². The van der Waals surface area contributed by atoms with Crippen LogP contribution in [-0.2, 0) is 0 Å².